The molecule has 7 aromatic rings. The van der Waals surface area contributed by atoms with Gasteiger partial charge in [-0.1, -0.05) is 97.1 Å². The SMILES string of the molecule is N#Cc1cncc(-c2ccc(-c3c4ccccc4c(-c4cccc5ccccc45)c4ccccc34)cn2)c1. The molecule has 7 rings (SSSR count). The lowest BCUT2D eigenvalue weighted by Crippen LogP contribution is -1.92. The Hall–Kier alpha value is -5.33. The fourth-order valence-corrected chi connectivity index (χ4v) is 5.53. The quantitative estimate of drug-likeness (QED) is 0.236. The van der Waals surface area contributed by atoms with Crippen LogP contribution in [0.5, 0.6) is 0 Å². The van der Waals surface area contributed by atoms with Crippen LogP contribution in [0, 0.1) is 11.3 Å². The Balaban J connectivity index is 1.50. The van der Waals surface area contributed by atoms with Crippen LogP contribution < -0.4 is 0 Å². The number of nitrogens with zero attached hydrogens (tertiary/aromatic N) is 3. The van der Waals surface area contributed by atoms with Gasteiger partial charge in [-0.3, -0.25) is 9.97 Å². The van der Waals surface area contributed by atoms with Gasteiger partial charge in [0.05, 0.1) is 11.3 Å². The smallest absolute Gasteiger partial charge is 0.101 e. The van der Waals surface area contributed by atoms with Crippen LogP contribution in [0.3, 0.4) is 0 Å². The number of rotatable bonds is 3. The van der Waals surface area contributed by atoms with Gasteiger partial charge >= 0.3 is 0 Å². The zero-order valence-corrected chi connectivity index (χ0v) is 20.5. The van der Waals surface area contributed by atoms with Gasteiger partial charge in [0.25, 0.3) is 0 Å². The predicted octanol–water partition coefficient (Wildman–Crippen LogP) is 8.81. The number of hydrogen-bond donors (Lipinski definition) is 0. The summed E-state index contributed by atoms with van der Waals surface area (Å²) < 4.78 is 0. The maximum Gasteiger partial charge on any atom is 0.101 e. The highest BCUT2D eigenvalue weighted by molar-refractivity contribution is 6.23. The second kappa shape index (κ2) is 8.96. The maximum absolute atomic E-state index is 9.26. The molecule has 2 aromatic heterocycles. The standard InChI is InChI=1S/C35H21N3/c36-19-23-18-26(21-37-20-23)33-17-16-25(22-38-33)34-29-11-3-5-13-31(29)35(32-14-6-4-12-30(32)34)28-15-7-9-24-8-1-2-10-27(24)28/h1-18,20-22H. The lowest BCUT2D eigenvalue weighted by atomic mass is 9.85. The van der Waals surface area contributed by atoms with Gasteiger partial charge in [-0.15, -0.1) is 0 Å². The van der Waals surface area contributed by atoms with Gasteiger partial charge in [-0.05, 0) is 61.1 Å². The second-order valence-electron chi connectivity index (χ2n) is 9.37. The Morgan fingerprint density at radius 1 is 0.526 bits per heavy atom. The highest BCUT2D eigenvalue weighted by Gasteiger charge is 2.18. The highest BCUT2D eigenvalue weighted by atomic mass is 14.7. The van der Waals surface area contributed by atoms with Crippen molar-refractivity contribution in [2.45, 2.75) is 0 Å². The topological polar surface area (TPSA) is 49.6 Å². The third-order valence-corrected chi connectivity index (χ3v) is 7.21. The van der Waals surface area contributed by atoms with E-state index in [4.69, 9.17) is 4.98 Å². The molecule has 5 aromatic carbocycles. The Kier molecular flexibility index (Phi) is 5.17. The molecule has 0 radical (unpaired) electrons. The average Bonchev–Trinajstić information content (AvgIpc) is 3.00. The van der Waals surface area contributed by atoms with E-state index in [1.165, 1.54) is 49.0 Å². The number of hydrogen-bond acceptors (Lipinski definition) is 3. The maximum atomic E-state index is 9.26. The van der Waals surface area contributed by atoms with Gasteiger partial charge in [-0.2, -0.15) is 5.26 Å². The first-order valence-electron chi connectivity index (χ1n) is 12.6. The fraction of sp³-hybridized carbons (Fsp3) is 0. The molecule has 0 bridgehead atoms. The molecule has 0 amide bonds. The average molecular weight is 484 g/mol. The summed E-state index contributed by atoms with van der Waals surface area (Å²) in [6.07, 6.45) is 5.24. The molecular formula is C35H21N3. The Morgan fingerprint density at radius 3 is 1.82 bits per heavy atom. The first-order chi connectivity index (χ1) is 18.8. The van der Waals surface area contributed by atoms with E-state index in [-0.39, 0.29) is 0 Å². The fourth-order valence-electron chi connectivity index (χ4n) is 5.53. The number of aromatic nitrogens is 2. The molecule has 3 nitrogen and oxygen atoms in total. The normalized spacial score (nSPS) is 11.1. The van der Waals surface area contributed by atoms with Crippen molar-refractivity contribution < 1.29 is 0 Å². The molecule has 2 heterocycles. The summed E-state index contributed by atoms with van der Waals surface area (Å²) in [5.41, 5.74) is 6.85. The van der Waals surface area contributed by atoms with E-state index in [0.717, 1.165) is 16.8 Å². The van der Waals surface area contributed by atoms with E-state index in [1.54, 1.807) is 12.4 Å². The van der Waals surface area contributed by atoms with Crippen LogP contribution in [-0.2, 0) is 0 Å². The minimum absolute atomic E-state index is 0.523. The summed E-state index contributed by atoms with van der Waals surface area (Å²) in [6.45, 7) is 0. The summed E-state index contributed by atoms with van der Waals surface area (Å²) in [5, 5.41) is 16.6. The zero-order chi connectivity index (χ0) is 25.5. The largest absolute Gasteiger partial charge is 0.263 e. The summed E-state index contributed by atoms with van der Waals surface area (Å²) in [6, 6.07) is 40.6. The van der Waals surface area contributed by atoms with Crippen LogP contribution in [0.4, 0.5) is 0 Å². The minimum atomic E-state index is 0.523. The molecule has 0 atom stereocenters. The highest BCUT2D eigenvalue weighted by Crippen LogP contribution is 2.45. The molecule has 0 fully saturated rings. The molecule has 0 aliphatic carbocycles. The molecule has 0 saturated carbocycles. The van der Waals surface area contributed by atoms with Crippen molar-refractivity contribution in [3.63, 3.8) is 0 Å². The van der Waals surface area contributed by atoms with Crippen molar-refractivity contribution in [1.29, 1.82) is 5.26 Å². The first-order valence-corrected chi connectivity index (χ1v) is 12.6. The van der Waals surface area contributed by atoms with Gasteiger partial charge in [0.1, 0.15) is 6.07 Å². The monoisotopic (exact) mass is 483 g/mol. The van der Waals surface area contributed by atoms with Crippen molar-refractivity contribution >= 4 is 32.3 Å². The lowest BCUT2D eigenvalue weighted by Gasteiger charge is -2.18. The van der Waals surface area contributed by atoms with Crippen LogP contribution >= 0.6 is 0 Å². The van der Waals surface area contributed by atoms with Gasteiger partial charge in [0.2, 0.25) is 0 Å². The van der Waals surface area contributed by atoms with Gasteiger partial charge < -0.3 is 0 Å². The van der Waals surface area contributed by atoms with Crippen LogP contribution in [0.15, 0.2) is 128 Å². The van der Waals surface area contributed by atoms with E-state index in [1.807, 2.05) is 18.3 Å². The summed E-state index contributed by atoms with van der Waals surface area (Å²) in [5.74, 6) is 0. The van der Waals surface area contributed by atoms with Gasteiger partial charge in [0, 0.05) is 29.7 Å². The molecule has 0 N–H and O–H groups in total. The van der Waals surface area contributed by atoms with Crippen molar-refractivity contribution in [2.24, 2.45) is 0 Å². The van der Waals surface area contributed by atoms with Crippen molar-refractivity contribution in [3.05, 3.63) is 133 Å². The second-order valence-corrected chi connectivity index (χ2v) is 9.37. The van der Waals surface area contributed by atoms with E-state index >= 15 is 0 Å². The van der Waals surface area contributed by atoms with Crippen molar-refractivity contribution in [3.8, 4) is 39.6 Å². The van der Waals surface area contributed by atoms with Crippen LogP contribution in [-0.4, -0.2) is 9.97 Å². The molecule has 0 spiro atoms. The van der Waals surface area contributed by atoms with Crippen LogP contribution in [0.1, 0.15) is 5.56 Å². The van der Waals surface area contributed by atoms with E-state index in [0.29, 0.717) is 5.56 Å². The number of nitriles is 1. The number of benzene rings is 5. The predicted molar refractivity (Wildman–Crippen MR) is 156 cm³/mol. The van der Waals surface area contributed by atoms with E-state index in [9.17, 15) is 5.26 Å². The number of fused-ring (bicyclic) bond motifs is 3. The van der Waals surface area contributed by atoms with Crippen molar-refractivity contribution in [1.82, 2.24) is 9.97 Å². The van der Waals surface area contributed by atoms with E-state index in [2.05, 4.69) is 108 Å². The molecule has 0 aliphatic heterocycles. The summed E-state index contributed by atoms with van der Waals surface area (Å²) in [7, 11) is 0. The lowest BCUT2D eigenvalue weighted by molar-refractivity contribution is 1.26. The van der Waals surface area contributed by atoms with Gasteiger partial charge in [-0.25, -0.2) is 0 Å². The van der Waals surface area contributed by atoms with Crippen LogP contribution in [0.2, 0.25) is 0 Å². The molecule has 0 aliphatic rings. The molecule has 0 saturated heterocycles. The third kappa shape index (κ3) is 3.51. The third-order valence-electron chi connectivity index (χ3n) is 7.21. The molecular weight excluding hydrogens is 462 g/mol. The Labute approximate surface area is 220 Å². The van der Waals surface area contributed by atoms with E-state index < -0.39 is 0 Å². The Morgan fingerprint density at radius 2 is 1.16 bits per heavy atom. The molecule has 3 heteroatoms. The summed E-state index contributed by atoms with van der Waals surface area (Å²) >= 11 is 0. The van der Waals surface area contributed by atoms with Crippen LogP contribution in [0.25, 0.3) is 65.8 Å². The summed E-state index contributed by atoms with van der Waals surface area (Å²) in [4.78, 5) is 8.98. The first kappa shape index (κ1) is 21.9. The van der Waals surface area contributed by atoms with Crippen molar-refractivity contribution in [2.75, 3.05) is 0 Å². The Bertz CT molecular complexity index is 1970. The molecule has 38 heavy (non-hydrogen) atoms. The molecule has 176 valence electrons. The van der Waals surface area contributed by atoms with Gasteiger partial charge in [0.15, 0.2) is 0 Å². The minimum Gasteiger partial charge on any atom is -0.263 e. The zero-order valence-electron chi connectivity index (χ0n) is 20.5. The number of pyridine rings is 2. The molecule has 0 unspecified atom stereocenters.